The maximum atomic E-state index is 12.0. The summed E-state index contributed by atoms with van der Waals surface area (Å²) in [7, 11) is -3.08. The molecule has 1 heterocycles. The van der Waals surface area contributed by atoms with Crippen LogP contribution in [0.25, 0.3) is 0 Å². The van der Waals surface area contributed by atoms with E-state index in [9.17, 15) is 13.2 Å². The molecule has 1 saturated heterocycles. The number of hydrogen-bond acceptors (Lipinski definition) is 4. The molecule has 1 aromatic rings. The molecule has 0 bridgehead atoms. The van der Waals surface area contributed by atoms with Crippen molar-refractivity contribution in [3.63, 3.8) is 0 Å². The number of benzene rings is 1. The van der Waals surface area contributed by atoms with Crippen LogP contribution < -0.4 is 5.32 Å². The van der Waals surface area contributed by atoms with Crippen LogP contribution >= 0.6 is 0 Å². The first-order chi connectivity index (χ1) is 9.54. The van der Waals surface area contributed by atoms with Gasteiger partial charge in [-0.25, -0.2) is 8.42 Å². The molecule has 2 rings (SSSR count). The molecule has 1 N–H and O–H groups in total. The molecule has 2 unspecified atom stereocenters. The second-order valence-corrected chi connectivity index (χ2v) is 7.25. The van der Waals surface area contributed by atoms with E-state index in [1.54, 1.807) is 30.3 Å². The summed E-state index contributed by atoms with van der Waals surface area (Å²) in [6.07, 6.45) is 1.22. The minimum absolute atomic E-state index is 0.0895. The fourth-order valence-corrected chi connectivity index (χ4v) is 4.10. The van der Waals surface area contributed by atoms with Gasteiger partial charge in [-0.3, -0.25) is 4.79 Å². The maximum Gasteiger partial charge on any atom is 0.241 e. The van der Waals surface area contributed by atoms with Gasteiger partial charge in [0.25, 0.3) is 0 Å². The molecule has 0 radical (unpaired) electrons. The number of hydrogen-bond donors (Lipinski definition) is 1. The van der Waals surface area contributed by atoms with Gasteiger partial charge in [0.15, 0.2) is 9.84 Å². The highest BCUT2D eigenvalue weighted by Gasteiger charge is 2.32. The van der Waals surface area contributed by atoms with Crippen molar-refractivity contribution in [3.8, 4) is 6.07 Å². The Balaban J connectivity index is 1.99. The smallest absolute Gasteiger partial charge is 0.241 e. The lowest BCUT2D eigenvalue weighted by Crippen LogP contribution is -2.37. The normalized spacial score (nSPS) is 21.9. The standard InChI is InChI=1S/C14H16N2O3S/c15-9-13(11-5-2-1-3-6-11)14(17)16-10-12-7-4-8-20(12,18)19/h1-3,5-6,12-13H,4,7-8,10H2,(H,16,17). The first-order valence-electron chi connectivity index (χ1n) is 6.48. The third-order valence-electron chi connectivity index (χ3n) is 3.49. The van der Waals surface area contributed by atoms with Gasteiger partial charge in [-0.15, -0.1) is 0 Å². The lowest BCUT2D eigenvalue weighted by atomic mass is 10.00. The van der Waals surface area contributed by atoms with E-state index in [1.165, 1.54) is 0 Å². The van der Waals surface area contributed by atoms with Crippen LogP contribution in [0, 0.1) is 11.3 Å². The third kappa shape index (κ3) is 3.17. The summed E-state index contributed by atoms with van der Waals surface area (Å²) >= 11 is 0. The van der Waals surface area contributed by atoms with Crippen LogP contribution in [0.2, 0.25) is 0 Å². The van der Waals surface area contributed by atoms with Gasteiger partial charge in [-0.1, -0.05) is 30.3 Å². The molecule has 1 aliphatic rings. The zero-order valence-corrected chi connectivity index (χ0v) is 11.8. The minimum Gasteiger partial charge on any atom is -0.353 e. The lowest BCUT2D eigenvalue weighted by molar-refractivity contribution is -0.121. The van der Waals surface area contributed by atoms with E-state index >= 15 is 0 Å². The largest absolute Gasteiger partial charge is 0.353 e. The fourth-order valence-electron chi connectivity index (χ4n) is 2.33. The predicted octanol–water partition coefficient (Wildman–Crippen LogP) is 0.987. The van der Waals surface area contributed by atoms with Crippen LogP contribution in [0.5, 0.6) is 0 Å². The highest BCUT2D eigenvalue weighted by atomic mass is 32.2. The van der Waals surface area contributed by atoms with Crippen LogP contribution in [0.15, 0.2) is 30.3 Å². The topological polar surface area (TPSA) is 87.0 Å². The minimum atomic E-state index is -3.08. The Morgan fingerprint density at radius 2 is 2.10 bits per heavy atom. The van der Waals surface area contributed by atoms with E-state index in [0.717, 1.165) is 0 Å². The second-order valence-electron chi connectivity index (χ2n) is 4.85. The van der Waals surface area contributed by atoms with Gasteiger partial charge in [0, 0.05) is 6.54 Å². The second kappa shape index (κ2) is 6.06. The molecule has 2 atom stereocenters. The SMILES string of the molecule is N#CC(C(=O)NCC1CCCS1(=O)=O)c1ccccc1. The summed E-state index contributed by atoms with van der Waals surface area (Å²) in [5, 5.41) is 11.2. The zero-order chi connectivity index (χ0) is 14.6. The van der Waals surface area contributed by atoms with Crippen LogP contribution in [0.3, 0.4) is 0 Å². The Kier molecular flexibility index (Phi) is 4.40. The molecule has 1 amide bonds. The number of nitrogens with zero attached hydrogens (tertiary/aromatic N) is 1. The van der Waals surface area contributed by atoms with E-state index < -0.39 is 26.9 Å². The average molecular weight is 292 g/mol. The number of rotatable bonds is 4. The Labute approximate surface area is 118 Å². The monoisotopic (exact) mass is 292 g/mol. The molecule has 5 nitrogen and oxygen atoms in total. The Bertz CT molecular complexity index is 620. The Morgan fingerprint density at radius 3 is 2.65 bits per heavy atom. The molecule has 6 heteroatoms. The van der Waals surface area contributed by atoms with Crippen molar-refractivity contribution in [3.05, 3.63) is 35.9 Å². The van der Waals surface area contributed by atoms with Crippen LogP contribution in [-0.2, 0) is 14.6 Å². The number of nitrogens with one attached hydrogen (secondary N) is 1. The van der Waals surface area contributed by atoms with Crippen molar-refractivity contribution in [2.24, 2.45) is 0 Å². The van der Waals surface area contributed by atoms with Gasteiger partial charge in [0.05, 0.1) is 17.1 Å². The van der Waals surface area contributed by atoms with Gasteiger partial charge >= 0.3 is 0 Å². The van der Waals surface area contributed by atoms with Crippen molar-refractivity contribution in [2.75, 3.05) is 12.3 Å². The quantitative estimate of drug-likeness (QED) is 0.896. The molecule has 106 valence electrons. The first kappa shape index (κ1) is 14.5. The summed E-state index contributed by atoms with van der Waals surface area (Å²) in [4.78, 5) is 12.0. The van der Waals surface area contributed by atoms with Gasteiger partial charge in [-0.2, -0.15) is 5.26 Å². The molecule has 0 saturated carbocycles. The molecule has 1 aliphatic heterocycles. The molecular formula is C14H16N2O3S. The predicted molar refractivity (Wildman–Crippen MR) is 74.6 cm³/mol. The molecule has 0 spiro atoms. The maximum absolute atomic E-state index is 12.0. The van der Waals surface area contributed by atoms with E-state index in [-0.39, 0.29) is 12.3 Å². The van der Waals surface area contributed by atoms with Crippen molar-refractivity contribution in [1.29, 1.82) is 5.26 Å². The van der Waals surface area contributed by atoms with Crippen molar-refractivity contribution >= 4 is 15.7 Å². The highest BCUT2D eigenvalue weighted by Crippen LogP contribution is 2.20. The number of carbonyl (C=O) groups is 1. The van der Waals surface area contributed by atoms with E-state index in [2.05, 4.69) is 5.32 Å². The van der Waals surface area contributed by atoms with Gasteiger partial charge in [-0.05, 0) is 18.4 Å². The van der Waals surface area contributed by atoms with Crippen LogP contribution in [0.4, 0.5) is 0 Å². The summed E-state index contributed by atoms with van der Waals surface area (Å²) in [5.74, 6) is -1.16. The van der Waals surface area contributed by atoms with E-state index in [0.29, 0.717) is 18.4 Å². The number of nitriles is 1. The summed E-state index contributed by atoms with van der Waals surface area (Å²) in [6.45, 7) is 0.0895. The molecule has 20 heavy (non-hydrogen) atoms. The lowest BCUT2D eigenvalue weighted by Gasteiger charge is -2.13. The molecule has 1 aromatic carbocycles. The Hall–Kier alpha value is -1.87. The van der Waals surface area contributed by atoms with Crippen molar-refractivity contribution in [2.45, 2.75) is 24.0 Å². The number of sulfone groups is 1. The van der Waals surface area contributed by atoms with Gasteiger partial charge < -0.3 is 5.32 Å². The summed E-state index contributed by atoms with van der Waals surface area (Å²) in [6, 6.07) is 10.7. The summed E-state index contributed by atoms with van der Waals surface area (Å²) in [5.41, 5.74) is 0.613. The third-order valence-corrected chi connectivity index (χ3v) is 5.77. The van der Waals surface area contributed by atoms with Crippen molar-refractivity contribution in [1.82, 2.24) is 5.32 Å². The van der Waals surface area contributed by atoms with E-state index in [4.69, 9.17) is 5.26 Å². The molecule has 0 aliphatic carbocycles. The molecule has 1 fully saturated rings. The fraction of sp³-hybridized carbons (Fsp3) is 0.429. The number of amides is 1. The first-order valence-corrected chi connectivity index (χ1v) is 8.20. The zero-order valence-electron chi connectivity index (χ0n) is 11.0. The summed E-state index contributed by atoms with van der Waals surface area (Å²) < 4.78 is 23.3. The number of carbonyl (C=O) groups excluding carboxylic acids is 1. The molecular weight excluding hydrogens is 276 g/mol. The molecule has 0 aromatic heterocycles. The van der Waals surface area contributed by atoms with Crippen LogP contribution in [-0.4, -0.2) is 31.9 Å². The highest BCUT2D eigenvalue weighted by molar-refractivity contribution is 7.92. The van der Waals surface area contributed by atoms with Gasteiger partial charge in [0.1, 0.15) is 5.92 Å². The van der Waals surface area contributed by atoms with Crippen LogP contribution in [0.1, 0.15) is 24.3 Å². The van der Waals surface area contributed by atoms with Gasteiger partial charge in [0.2, 0.25) is 5.91 Å². The Morgan fingerprint density at radius 1 is 1.40 bits per heavy atom. The van der Waals surface area contributed by atoms with Crippen molar-refractivity contribution < 1.29 is 13.2 Å². The average Bonchev–Trinajstić information content (AvgIpc) is 2.77. The van der Waals surface area contributed by atoms with E-state index in [1.807, 2.05) is 6.07 Å².